The quantitative estimate of drug-likeness (QED) is 0.232. The Morgan fingerprint density at radius 1 is 0.769 bits per heavy atom. The zero-order chi connectivity index (χ0) is 35.3. The van der Waals surface area contributed by atoms with Gasteiger partial charge in [0.15, 0.2) is 0 Å². The van der Waals surface area contributed by atoms with Gasteiger partial charge in [-0.2, -0.15) is 0 Å². The van der Waals surface area contributed by atoms with Gasteiger partial charge in [0.2, 0.25) is 0 Å². The first kappa shape index (κ1) is 34.1. The number of nitrogens with zero attached hydrogens (tertiary/aromatic N) is 5. The standard InChI is InChI=1S/C43H50N6O3/c50-38-14-18-41-35(31-38)9-17-40(33-5-2-1-3-6-33)42(41)34-7-15-39(16-8-34)52-30-29-45-21-23-47(24-22-45)43(51)48-27-25-46(26-28-48)36-10-12-37(13-11-36)49-20-4-19-44-32-49/h1-8,10-16,18,20,31,40,42,44,50H,9,17,19,21-30,32H2/t40-,42+/m1/s1. The number of phenolic OH excluding ortho intramolecular Hbond substituents is 1. The molecule has 9 nitrogen and oxygen atoms in total. The van der Waals surface area contributed by atoms with E-state index in [1.54, 1.807) is 0 Å². The van der Waals surface area contributed by atoms with Gasteiger partial charge in [-0.15, -0.1) is 0 Å². The van der Waals surface area contributed by atoms with Crippen LogP contribution in [-0.4, -0.2) is 105 Å². The van der Waals surface area contributed by atoms with E-state index < -0.39 is 0 Å². The summed E-state index contributed by atoms with van der Waals surface area (Å²) in [6.45, 7) is 9.60. The molecule has 0 saturated carbocycles. The van der Waals surface area contributed by atoms with Crippen molar-refractivity contribution in [1.82, 2.24) is 20.0 Å². The van der Waals surface area contributed by atoms with Gasteiger partial charge in [-0.1, -0.05) is 54.6 Å². The maximum absolute atomic E-state index is 13.4. The maximum Gasteiger partial charge on any atom is 0.320 e. The second-order valence-electron chi connectivity index (χ2n) is 14.4. The zero-order valence-corrected chi connectivity index (χ0v) is 29.9. The van der Waals surface area contributed by atoms with Crippen molar-refractivity contribution in [3.63, 3.8) is 0 Å². The Bertz CT molecular complexity index is 1820. The van der Waals surface area contributed by atoms with E-state index in [0.717, 1.165) is 90.7 Å². The van der Waals surface area contributed by atoms with Crippen LogP contribution in [0.1, 0.15) is 40.5 Å². The molecule has 52 heavy (non-hydrogen) atoms. The highest BCUT2D eigenvalue weighted by Crippen LogP contribution is 2.47. The highest BCUT2D eigenvalue weighted by Gasteiger charge is 2.32. The molecular formula is C43H50N6O3. The van der Waals surface area contributed by atoms with Crippen molar-refractivity contribution in [2.45, 2.75) is 24.7 Å². The van der Waals surface area contributed by atoms with Gasteiger partial charge in [-0.25, -0.2) is 4.79 Å². The topological polar surface area (TPSA) is 74.8 Å². The van der Waals surface area contributed by atoms with Crippen LogP contribution in [0.5, 0.6) is 11.5 Å². The number of phenols is 1. The summed E-state index contributed by atoms with van der Waals surface area (Å²) in [4.78, 5) is 24.4. The Morgan fingerprint density at radius 3 is 2.19 bits per heavy atom. The molecule has 8 rings (SSSR count). The molecule has 2 saturated heterocycles. The molecule has 2 fully saturated rings. The predicted molar refractivity (Wildman–Crippen MR) is 208 cm³/mol. The molecule has 0 radical (unpaired) electrons. The first-order chi connectivity index (χ1) is 25.6. The minimum absolute atomic E-state index is 0.169. The molecule has 2 N–H and O–H groups in total. The summed E-state index contributed by atoms with van der Waals surface area (Å²) < 4.78 is 6.22. The Hall–Kier alpha value is -4.99. The maximum atomic E-state index is 13.4. The van der Waals surface area contributed by atoms with Crippen LogP contribution >= 0.6 is 0 Å². The van der Waals surface area contributed by atoms with Crippen LogP contribution < -0.4 is 19.9 Å². The van der Waals surface area contributed by atoms with Gasteiger partial charge >= 0.3 is 6.03 Å². The number of hydrogen-bond acceptors (Lipinski definition) is 7. The van der Waals surface area contributed by atoms with Gasteiger partial charge in [0.25, 0.3) is 0 Å². The fourth-order valence-corrected chi connectivity index (χ4v) is 8.39. The number of carbonyl (C=O) groups is 1. The van der Waals surface area contributed by atoms with E-state index >= 15 is 0 Å². The fraction of sp³-hybridized carbons (Fsp3) is 0.372. The Labute approximate surface area is 307 Å². The van der Waals surface area contributed by atoms with Crippen LogP contribution in [0.4, 0.5) is 16.2 Å². The summed E-state index contributed by atoms with van der Waals surface area (Å²) in [5.74, 6) is 1.82. The lowest BCUT2D eigenvalue weighted by Gasteiger charge is -2.41. The van der Waals surface area contributed by atoms with Gasteiger partial charge in [0.1, 0.15) is 18.1 Å². The zero-order valence-electron chi connectivity index (χ0n) is 29.9. The molecule has 0 unspecified atom stereocenters. The number of urea groups is 1. The highest BCUT2D eigenvalue weighted by molar-refractivity contribution is 5.75. The number of rotatable bonds is 8. The summed E-state index contributed by atoms with van der Waals surface area (Å²) in [6.07, 6.45) is 6.28. The van der Waals surface area contributed by atoms with Crippen LogP contribution in [0.2, 0.25) is 0 Å². The lowest BCUT2D eigenvalue weighted by atomic mass is 9.69. The average Bonchev–Trinajstić information content (AvgIpc) is 3.21. The second kappa shape index (κ2) is 15.7. The molecule has 9 heteroatoms. The van der Waals surface area contributed by atoms with Crippen LogP contribution in [-0.2, 0) is 6.42 Å². The van der Waals surface area contributed by atoms with Gasteiger partial charge in [0.05, 0.1) is 6.67 Å². The van der Waals surface area contributed by atoms with Crippen molar-refractivity contribution in [3.8, 4) is 11.5 Å². The number of aromatic hydroxyl groups is 1. The monoisotopic (exact) mass is 698 g/mol. The number of hydrogen-bond donors (Lipinski definition) is 2. The van der Waals surface area contributed by atoms with Gasteiger partial charge < -0.3 is 29.4 Å². The third-order valence-electron chi connectivity index (χ3n) is 11.3. The van der Waals surface area contributed by atoms with Gasteiger partial charge in [-0.3, -0.25) is 10.2 Å². The largest absolute Gasteiger partial charge is 0.508 e. The molecule has 2 amide bonds. The molecule has 2 atom stereocenters. The van der Waals surface area contributed by atoms with Crippen molar-refractivity contribution in [2.24, 2.45) is 0 Å². The number of carbonyl (C=O) groups excluding carboxylic acids is 1. The van der Waals surface area contributed by atoms with E-state index in [9.17, 15) is 9.90 Å². The summed E-state index contributed by atoms with van der Waals surface area (Å²) in [6, 6.07) is 34.2. The molecule has 4 aromatic carbocycles. The molecule has 4 aromatic rings. The number of piperazine rings is 2. The Morgan fingerprint density at radius 2 is 1.48 bits per heavy atom. The molecule has 270 valence electrons. The van der Waals surface area contributed by atoms with Gasteiger partial charge in [-0.05, 0) is 89.5 Å². The predicted octanol–water partition coefficient (Wildman–Crippen LogP) is 6.07. The second-order valence-corrected chi connectivity index (χ2v) is 14.4. The van der Waals surface area contributed by atoms with Crippen LogP contribution in [0, 0.1) is 0 Å². The Kier molecular flexibility index (Phi) is 10.3. The van der Waals surface area contributed by atoms with Crippen molar-refractivity contribution < 1.29 is 14.6 Å². The molecule has 1 aliphatic carbocycles. The van der Waals surface area contributed by atoms with E-state index in [0.29, 0.717) is 18.3 Å². The van der Waals surface area contributed by atoms with E-state index in [-0.39, 0.29) is 11.9 Å². The smallest absolute Gasteiger partial charge is 0.320 e. The summed E-state index contributed by atoms with van der Waals surface area (Å²) in [5.41, 5.74) is 7.57. The van der Waals surface area contributed by atoms with E-state index in [2.05, 4.69) is 117 Å². The average molecular weight is 699 g/mol. The third-order valence-corrected chi connectivity index (χ3v) is 11.3. The van der Waals surface area contributed by atoms with Crippen LogP contribution in [0.3, 0.4) is 0 Å². The number of anilines is 2. The number of ether oxygens (including phenoxy) is 1. The molecule has 3 aliphatic heterocycles. The number of aryl methyl sites for hydroxylation is 1. The molecular weight excluding hydrogens is 649 g/mol. The molecule has 0 aromatic heterocycles. The van der Waals surface area contributed by atoms with E-state index in [1.807, 2.05) is 21.9 Å². The van der Waals surface area contributed by atoms with Crippen molar-refractivity contribution in [2.75, 3.05) is 88.5 Å². The van der Waals surface area contributed by atoms with Gasteiger partial charge in [0, 0.05) is 88.9 Å². The van der Waals surface area contributed by atoms with Crippen molar-refractivity contribution in [3.05, 3.63) is 132 Å². The lowest BCUT2D eigenvalue weighted by molar-refractivity contribution is 0.103. The summed E-state index contributed by atoms with van der Waals surface area (Å²) in [7, 11) is 0. The summed E-state index contributed by atoms with van der Waals surface area (Å²) in [5, 5.41) is 13.5. The first-order valence-corrected chi connectivity index (χ1v) is 18.9. The number of nitrogens with one attached hydrogen (secondary N) is 1. The number of benzene rings is 4. The molecule has 0 bridgehead atoms. The fourth-order valence-electron chi connectivity index (χ4n) is 8.39. The number of amides is 2. The van der Waals surface area contributed by atoms with Crippen LogP contribution in [0.15, 0.2) is 109 Å². The van der Waals surface area contributed by atoms with E-state index in [4.69, 9.17) is 4.74 Å². The van der Waals surface area contributed by atoms with Crippen molar-refractivity contribution >= 4 is 17.4 Å². The molecule has 3 heterocycles. The normalized spacial score (nSPS) is 20.8. The minimum atomic E-state index is 0.169. The minimum Gasteiger partial charge on any atom is -0.508 e. The molecule has 0 spiro atoms. The van der Waals surface area contributed by atoms with Crippen molar-refractivity contribution in [1.29, 1.82) is 0 Å². The molecule has 4 aliphatic rings. The lowest BCUT2D eigenvalue weighted by Crippen LogP contribution is -2.57. The summed E-state index contributed by atoms with van der Waals surface area (Å²) >= 11 is 0. The first-order valence-electron chi connectivity index (χ1n) is 18.9. The SMILES string of the molecule is O=C(N1CCN(CCOc2ccc([C@@H]3c4ccc(O)cc4CC[C@@H]3c3ccccc3)cc2)CC1)N1CCN(c2ccc(N3C=CCNC3)cc2)CC1. The number of fused-ring (bicyclic) bond motifs is 1. The Balaban J connectivity index is 0.789. The highest BCUT2D eigenvalue weighted by atomic mass is 16.5. The van der Waals surface area contributed by atoms with Crippen LogP contribution in [0.25, 0.3) is 0 Å². The van der Waals surface area contributed by atoms with E-state index in [1.165, 1.54) is 33.6 Å². The third kappa shape index (κ3) is 7.61.